The van der Waals surface area contributed by atoms with Crippen LogP contribution < -0.4 is 0 Å². The molecule has 0 radical (unpaired) electrons. The Hall–Kier alpha value is -0.0800. The summed E-state index contributed by atoms with van der Waals surface area (Å²) in [5.41, 5.74) is 0. The van der Waals surface area contributed by atoms with Crippen molar-refractivity contribution in [3.05, 3.63) is 0 Å². The Labute approximate surface area is 80.6 Å². The first-order chi connectivity index (χ1) is 6.34. The molecule has 2 fully saturated rings. The van der Waals surface area contributed by atoms with Crippen molar-refractivity contribution in [2.24, 2.45) is 11.8 Å². The van der Waals surface area contributed by atoms with Crippen molar-refractivity contribution in [2.45, 2.75) is 38.7 Å². The van der Waals surface area contributed by atoms with Crippen molar-refractivity contribution < 1.29 is 9.47 Å². The van der Waals surface area contributed by atoms with Crippen molar-refractivity contribution in [1.82, 2.24) is 0 Å². The van der Waals surface area contributed by atoms with Crippen molar-refractivity contribution in [2.75, 3.05) is 19.8 Å². The zero-order chi connectivity index (χ0) is 9.10. The van der Waals surface area contributed by atoms with Gasteiger partial charge in [0.15, 0.2) is 0 Å². The third-order valence-corrected chi connectivity index (χ3v) is 3.20. The maximum Gasteiger partial charge on any atom is 0.0578 e. The normalized spacial score (nSPS) is 39.9. The summed E-state index contributed by atoms with van der Waals surface area (Å²) >= 11 is 0. The van der Waals surface area contributed by atoms with Gasteiger partial charge in [0.2, 0.25) is 0 Å². The lowest BCUT2D eigenvalue weighted by Gasteiger charge is -2.11. The second kappa shape index (κ2) is 4.43. The molecule has 3 atom stereocenters. The van der Waals surface area contributed by atoms with Gasteiger partial charge in [-0.3, -0.25) is 0 Å². The van der Waals surface area contributed by atoms with Crippen LogP contribution >= 0.6 is 0 Å². The topological polar surface area (TPSA) is 18.5 Å². The Balaban J connectivity index is 1.62. The Morgan fingerprint density at radius 1 is 1.23 bits per heavy atom. The molecule has 0 spiro atoms. The lowest BCUT2D eigenvalue weighted by Crippen LogP contribution is -2.09. The third kappa shape index (κ3) is 2.68. The molecule has 2 aliphatic rings. The molecule has 2 heteroatoms. The zero-order valence-corrected chi connectivity index (χ0v) is 8.50. The molecule has 76 valence electrons. The molecule has 0 aromatic carbocycles. The van der Waals surface area contributed by atoms with E-state index in [0.717, 1.165) is 31.7 Å². The Kier molecular flexibility index (Phi) is 3.23. The molecule has 2 aliphatic heterocycles. The predicted octanol–water partition coefficient (Wildman–Crippen LogP) is 2.23. The molecule has 0 bridgehead atoms. The number of hydrogen-bond donors (Lipinski definition) is 0. The molecule has 0 aromatic heterocycles. The largest absolute Gasteiger partial charge is 0.381 e. The zero-order valence-electron chi connectivity index (χ0n) is 8.50. The Morgan fingerprint density at radius 2 is 2.15 bits per heavy atom. The van der Waals surface area contributed by atoms with Gasteiger partial charge >= 0.3 is 0 Å². The van der Waals surface area contributed by atoms with Crippen LogP contribution in [0, 0.1) is 11.8 Å². The minimum atomic E-state index is 0.551. The molecule has 2 saturated heterocycles. The van der Waals surface area contributed by atoms with Crippen molar-refractivity contribution >= 4 is 0 Å². The van der Waals surface area contributed by atoms with Gasteiger partial charge in [0.25, 0.3) is 0 Å². The molecular formula is C11H20O2. The summed E-state index contributed by atoms with van der Waals surface area (Å²) in [7, 11) is 0. The Bertz CT molecular complexity index is 152. The summed E-state index contributed by atoms with van der Waals surface area (Å²) in [6, 6.07) is 0. The summed E-state index contributed by atoms with van der Waals surface area (Å²) in [6.45, 7) is 5.22. The van der Waals surface area contributed by atoms with Gasteiger partial charge in [0.05, 0.1) is 6.10 Å². The maximum atomic E-state index is 5.68. The van der Waals surface area contributed by atoms with Crippen LogP contribution in [0.25, 0.3) is 0 Å². The van der Waals surface area contributed by atoms with Crippen LogP contribution in [0.3, 0.4) is 0 Å². The third-order valence-electron chi connectivity index (χ3n) is 3.20. The van der Waals surface area contributed by atoms with E-state index in [2.05, 4.69) is 6.92 Å². The van der Waals surface area contributed by atoms with E-state index in [1.807, 2.05) is 0 Å². The van der Waals surface area contributed by atoms with E-state index in [0.29, 0.717) is 6.10 Å². The van der Waals surface area contributed by atoms with Gasteiger partial charge in [-0.25, -0.2) is 0 Å². The van der Waals surface area contributed by atoms with E-state index in [4.69, 9.17) is 9.47 Å². The first-order valence-electron chi connectivity index (χ1n) is 5.54. The first-order valence-corrected chi connectivity index (χ1v) is 5.54. The van der Waals surface area contributed by atoms with E-state index in [9.17, 15) is 0 Å². The van der Waals surface area contributed by atoms with Crippen LogP contribution in [-0.2, 0) is 9.47 Å². The molecular weight excluding hydrogens is 164 g/mol. The summed E-state index contributed by atoms with van der Waals surface area (Å²) in [4.78, 5) is 0. The molecule has 2 nitrogen and oxygen atoms in total. The fourth-order valence-corrected chi connectivity index (χ4v) is 2.32. The van der Waals surface area contributed by atoms with Gasteiger partial charge < -0.3 is 9.47 Å². The lowest BCUT2D eigenvalue weighted by atomic mass is 9.97. The van der Waals surface area contributed by atoms with Crippen LogP contribution in [0.4, 0.5) is 0 Å². The molecule has 2 rings (SSSR count). The van der Waals surface area contributed by atoms with Gasteiger partial charge in [-0.05, 0) is 37.5 Å². The van der Waals surface area contributed by atoms with Crippen LogP contribution in [0.15, 0.2) is 0 Å². The highest BCUT2D eigenvalue weighted by Gasteiger charge is 2.24. The van der Waals surface area contributed by atoms with Gasteiger partial charge in [0.1, 0.15) is 0 Å². The van der Waals surface area contributed by atoms with Crippen molar-refractivity contribution in [3.8, 4) is 0 Å². The second-order valence-corrected chi connectivity index (χ2v) is 4.60. The van der Waals surface area contributed by atoms with E-state index in [-0.39, 0.29) is 0 Å². The average molecular weight is 184 g/mol. The second-order valence-electron chi connectivity index (χ2n) is 4.60. The standard InChI is InChI=1S/C11H20O2/c1-9-6-11(13-7-9)3-2-10-4-5-12-8-10/h9-11H,2-8H2,1H3/t9-,10+,11?/m0/s1. The minimum Gasteiger partial charge on any atom is -0.381 e. The van der Waals surface area contributed by atoms with E-state index >= 15 is 0 Å². The molecule has 1 unspecified atom stereocenters. The average Bonchev–Trinajstić information content (AvgIpc) is 2.71. The fourth-order valence-electron chi connectivity index (χ4n) is 2.32. The molecule has 2 heterocycles. The monoisotopic (exact) mass is 184 g/mol. The van der Waals surface area contributed by atoms with E-state index < -0.39 is 0 Å². The molecule has 0 amide bonds. The smallest absolute Gasteiger partial charge is 0.0578 e. The maximum absolute atomic E-state index is 5.68. The van der Waals surface area contributed by atoms with Crippen molar-refractivity contribution in [1.29, 1.82) is 0 Å². The highest BCUT2D eigenvalue weighted by atomic mass is 16.5. The molecule has 0 N–H and O–H groups in total. The summed E-state index contributed by atoms with van der Waals surface area (Å²) in [5.74, 6) is 1.60. The van der Waals surface area contributed by atoms with Crippen LogP contribution in [0.1, 0.15) is 32.6 Å². The van der Waals surface area contributed by atoms with Crippen molar-refractivity contribution in [3.63, 3.8) is 0 Å². The minimum absolute atomic E-state index is 0.551. The first kappa shape index (κ1) is 9.47. The van der Waals surface area contributed by atoms with Gasteiger partial charge in [0, 0.05) is 19.8 Å². The number of hydrogen-bond acceptors (Lipinski definition) is 2. The quantitative estimate of drug-likeness (QED) is 0.669. The summed E-state index contributed by atoms with van der Waals surface area (Å²) in [5, 5.41) is 0. The SMILES string of the molecule is C[C@@H]1COC(CC[C@@H]2CCOC2)C1. The van der Waals surface area contributed by atoms with Crippen LogP contribution in [-0.4, -0.2) is 25.9 Å². The fraction of sp³-hybridized carbons (Fsp3) is 1.00. The Morgan fingerprint density at radius 3 is 2.77 bits per heavy atom. The molecule has 0 saturated carbocycles. The molecule has 0 aromatic rings. The molecule has 13 heavy (non-hydrogen) atoms. The van der Waals surface area contributed by atoms with Crippen LogP contribution in [0.2, 0.25) is 0 Å². The van der Waals surface area contributed by atoms with Gasteiger partial charge in [-0.15, -0.1) is 0 Å². The van der Waals surface area contributed by atoms with Gasteiger partial charge in [-0.1, -0.05) is 6.92 Å². The van der Waals surface area contributed by atoms with E-state index in [1.54, 1.807) is 0 Å². The highest BCUT2D eigenvalue weighted by Crippen LogP contribution is 2.26. The summed E-state index contributed by atoms with van der Waals surface area (Å²) in [6.07, 6.45) is 5.64. The molecule has 0 aliphatic carbocycles. The lowest BCUT2D eigenvalue weighted by molar-refractivity contribution is 0.0937. The van der Waals surface area contributed by atoms with E-state index in [1.165, 1.54) is 25.7 Å². The predicted molar refractivity (Wildman–Crippen MR) is 51.7 cm³/mol. The van der Waals surface area contributed by atoms with Gasteiger partial charge in [-0.2, -0.15) is 0 Å². The number of ether oxygens (including phenoxy) is 2. The van der Waals surface area contributed by atoms with Crippen LogP contribution in [0.5, 0.6) is 0 Å². The highest BCUT2D eigenvalue weighted by molar-refractivity contribution is 4.73. The number of rotatable bonds is 3. The summed E-state index contributed by atoms with van der Waals surface area (Å²) < 4.78 is 11.0.